The Morgan fingerprint density at radius 2 is 1.74 bits per heavy atom. The van der Waals surface area contributed by atoms with Gasteiger partial charge in [0.05, 0.1) is 19.2 Å². The van der Waals surface area contributed by atoms with E-state index in [0.717, 1.165) is 93.1 Å². The van der Waals surface area contributed by atoms with E-state index in [2.05, 4.69) is 27.2 Å². The third-order valence-corrected chi connectivity index (χ3v) is 7.25. The molecule has 1 aromatic heterocycles. The number of likely N-dealkylation sites (tertiary alicyclic amines) is 2. The molecule has 7 heteroatoms. The molecule has 2 aliphatic rings. The number of nitrogens with zero attached hydrogens (tertiary/aromatic N) is 4. The van der Waals surface area contributed by atoms with Gasteiger partial charge in [0.1, 0.15) is 17.4 Å². The van der Waals surface area contributed by atoms with E-state index >= 15 is 0 Å². The molecule has 1 N–H and O–H groups in total. The molecule has 0 saturated carbocycles. The molecule has 2 aliphatic heterocycles. The first kappa shape index (κ1) is 23.5. The zero-order valence-electron chi connectivity index (χ0n) is 20.6. The van der Waals surface area contributed by atoms with E-state index in [0.29, 0.717) is 12.5 Å². The molecular formula is C28H35N5O2. The van der Waals surface area contributed by atoms with Crippen LogP contribution in [0.15, 0.2) is 48.5 Å². The Balaban J connectivity index is 1.23. The van der Waals surface area contributed by atoms with Gasteiger partial charge in [0.15, 0.2) is 0 Å². The van der Waals surface area contributed by atoms with Crippen LogP contribution >= 0.6 is 0 Å². The Labute approximate surface area is 207 Å². The zero-order valence-corrected chi connectivity index (χ0v) is 20.6. The van der Waals surface area contributed by atoms with E-state index in [9.17, 15) is 4.79 Å². The number of aromatic nitrogens is 2. The summed E-state index contributed by atoms with van der Waals surface area (Å²) in [6, 6.07) is 16.3. The predicted octanol–water partition coefficient (Wildman–Crippen LogP) is 4.13. The van der Waals surface area contributed by atoms with Crippen molar-refractivity contribution >= 4 is 22.6 Å². The number of ether oxygens (including phenoxy) is 1. The van der Waals surface area contributed by atoms with Gasteiger partial charge in [-0.3, -0.25) is 9.69 Å². The number of benzene rings is 2. The van der Waals surface area contributed by atoms with Crippen LogP contribution in [0.25, 0.3) is 10.9 Å². The fourth-order valence-electron chi connectivity index (χ4n) is 5.29. The fourth-order valence-corrected chi connectivity index (χ4v) is 5.29. The second-order valence-electron chi connectivity index (χ2n) is 9.58. The molecule has 0 spiro atoms. The first-order valence-electron chi connectivity index (χ1n) is 12.8. The van der Waals surface area contributed by atoms with Crippen molar-refractivity contribution in [2.24, 2.45) is 5.92 Å². The summed E-state index contributed by atoms with van der Waals surface area (Å²) in [5.41, 5.74) is 2.13. The number of hydrogen-bond acceptors (Lipinski definition) is 6. The Morgan fingerprint density at radius 3 is 2.54 bits per heavy atom. The molecule has 184 valence electrons. The van der Waals surface area contributed by atoms with E-state index in [1.165, 1.54) is 5.56 Å². The highest BCUT2D eigenvalue weighted by molar-refractivity contribution is 5.89. The third-order valence-electron chi connectivity index (χ3n) is 7.25. The van der Waals surface area contributed by atoms with E-state index in [-0.39, 0.29) is 5.92 Å². The minimum absolute atomic E-state index is 0.175. The van der Waals surface area contributed by atoms with Gasteiger partial charge >= 0.3 is 0 Å². The maximum atomic E-state index is 12.8. The third kappa shape index (κ3) is 5.56. The summed E-state index contributed by atoms with van der Waals surface area (Å²) in [5, 5.41) is 4.58. The van der Waals surface area contributed by atoms with Crippen LogP contribution in [0.2, 0.25) is 0 Å². The normalized spacial score (nSPS) is 17.1. The number of carbonyl (C=O) groups excluding carboxylic acids is 1. The molecule has 2 fully saturated rings. The summed E-state index contributed by atoms with van der Waals surface area (Å²) in [6.45, 7) is 5.17. The maximum Gasteiger partial charge on any atom is 0.225 e. The highest BCUT2D eigenvalue weighted by Gasteiger charge is 2.30. The molecule has 0 bridgehead atoms. The number of hydrogen-bond donors (Lipinski definition) is 1. The van der Waals surface area contributed by atoms with Gasteiger partial charge in [-0.25, -0.2) is 9.97 Å². The zero-order chi connectivity index (χ0) is 24.0. The number of para-hydroxylation sites is 2. The van der Waals surface area contributed by atoms with Crippen LogP contribution < -0.4 is 10.1 Å². The molecule has 0 atom stereocenters. The van der Waals surface area contributed by atoms with Crippen LogP contribution in [0.3, 0.4) is 0 Å². The van der Waals surface area contributed by atoms with Crippen LogP contribution in [0.5, 0.6) is 5.75 Å². The first-order valence-corrected chi connectivity index (χ1v) is 12.8. The molecule has 1 amide bonds. The van der Waals surface area contributed by atoms with E-state index < -0.39 is 0 Å². The number of carbonyl (C=O) groups is 1. The van der Waals surface area contributed by atoms with Gasteiger partial charge in [0.25, 0.3) is 0 Å². The van der Waals surface area contributed by atoms with E-state index in [1.807, 2.05) is 36.4 Å². The number of nitrogens with one attached hydrogen (secondary N) is 1. The number of amides is 1. The SMILES string of the molecule is COc1ccccc1CCNc1nc(CN2CCC(C(=O)N3CCCC3)CC2)nc2ccccc12. The molecule has 0 radical (unpaired) electrons. The lowest BCUT2D eigenvalue weighted by atomic mass is 9.95. The van der Waals surface area contributed by atoms with Gasteiger partial charge in [0.2, 0.25) is 5.91 Å². The van der Waals surface area contributed by atoms with Crippen molar-refractivity contribution in [3.8, 4) is 5.75 Å². The summed E-state index contributed by atoms with van der Waals surface area (Å²) in [7, 11) is 1.71. The molecule has 2 aromatic carbocycles. The Hall–Kier alpha value is -3.19. The molecule has 5 rings (SSSR count). The summed E-state index contributed by atoms with van der Waals surface area (Å²) in [4.78, 5) is 27.0. The number of anilines is 1. The van der Waals surface area contributed by atoms with E-state index in [4.69, 9.17) is 14.7 Å². The lowest BCUT2D eigenvalue weighted by Crippen LogP contribution is -2.41. The smallest absolute Gasteiger partial charge is 0.225 e. The van der Waals surface area contributed by atoms with Crippen LogP contribution in [-0.4, -0.2) is 65.5 Å². The molecule has 0 aliphatic carbocycles. The second-order valence-corrected chi connectivity index (χ2v) is 9.58. The second kappa shape index (κ2) is 11.0. The number of piperidine rings is 1. The van der Waals surface area contributed by atoms with Gasteiger partial charge in [-0.1, -0.05) is 30.3 Å². The highest BCUT2D eigenvalue weighted by atomic mass is 16.5. The minimum atomic E-state index is 0.175. The Kier molecular flexibility index (Phi) is 7.42. The van der Waals surface area contributed by atoms with Crippen molar-refractivity contribution in [3.63, 3.8) is 0 Å². The van der Waals surface area contributed by atoms with Gasteiger partial charge < -0.3 is 15.0 Å². The van der Waals surface area contributed by atoms with Crippen molar-refractivity contribution in [1.29, 1.82) is 0 Å². The summed E-state index contributed by atoms with van der Waals surface area (Å²) in [6.07, 6.45) is 4.99. The van der Waals surface area contributed by atoms with Gasteiger partial charge in [-0.2, -0.15) is 0 Å². The van der Waals surface area contributed by atoms with Crippen LogP contribution in [-0.2, 0) is 17.8 Å². The topological polar surface area (TPSA) is 70.6 Å². The highest BCUT2D eigenvalue weighted by Crippen LogP contribution is 2.25. The fraction of sp³-hybridized carbons (Fsp3) is 0.464. The monoisotopic (exact) mass is 473 g/mol. The average molecular weight is 474 g/mol. The summed E-state index contributed by atoms with van der Waals surface area (Å²) >= 11 is 0. The van der Waals surface area contributed by atoms with E-state index in [1.54, 1.807) is 7.11 Å². The molecular weight excluding hydrogens is 438 g/mol. The predicted molar refractivity (Wildman–Crippen MR) is 139 cm³/mol. The lowest BCUT2D eigenvalue weighted by Gasteiger charge is -2.32. The van der Waals surface area contributed by atoms with Crippen LogP contribution in [0.1, 0.15) is 37.1 Å². The molecule has 0 unspecified atom stereocenters. The van der Waals surface area contributed by atoms with Crippen molar-refractivity contribution in [3.05, 3.63) is 59.9 Å². The maximum absolute atomic E-state index is 12.8. The Morgan fingerprint density at radius 1 is 1.00 bits per heavy atom. The number of rotatable bonds is 8. The standard InChI is InChI=1S/C28H35N5O2/c1-35-25-11-5-2-8-21(25)12-15-29-27-23-9-3-4-10-24(23)30-26(31-27)20-32-18-13-22(14-19-32)28(34)33-16-6-7-17-33/h2-5,8-11,22H,6-7,12-20H2,1H3,(H,29,30,31). The molecule has 35 heavy (non-hydrogen) atoms. The average Bonchev–Trinajstić information content (AvgIpc) is 3.44. The molecule has 2 saturated heterocycles. The van der Waals surface area contributed by atoms with Crippen molar-refractivity contribution in [1.82, 2.24) is 19.8 Å². The van der Waals surface area contributed by atoms with Crippen molar-refractivity contribution in [2.75, 3.05) is 45.2 Å². The number of methoxy groups -OCH3 is 1. The summed E-state index contributed by atoms with van der Waals surface area (Å²) in [5.74, 6) is 3.15. The van der Waals surface area contributed by atoms with Gasteiger partial charge in [0, 0.05) is 30.9 Å². The largest absolute Gasteiger partial charge is 0.496 e. The number of fused-ring (bicyclic) bond motifs is 1. The molecule has 3 heterocycles. The Bertz CT molecular complexity index is 1150. The van der Waals surface area contributed by atoms with Crippen molar-refractivity contribution < 1.29 is 9.53 Å². The minimum Gasteiger partial charge on any atom is -0.496 e. The van der Waals surface area contributed by atoms with Gasteiger partial charge in [-0.05, 0) is 69.0 Å². The molecule has 7 nitrogen and oxygen atoms in total. The molecule has 3 aromatic rings. The summed E-state index contributed by atoms with van der Waals surface area (Å²) < 4.78 is 5.49. The van der Waals surface area contributed by atoms with Crippen LogP contribution in [0, 0.1) is 5.92 Å². The quantitative estimate of drug-likeness (QED) is 0.531. The first-order chi connectivity index (χ1) is 17.2. The lowest BCUT2D eigenvalue weighted by molar-refractivity contribution is -0.136. The van der Waals surface area contributed by atoms with Gasteiger partial charge in [-0.15, -0.1) is 0 Å². The van der Waals surface area contributed by atoms with Crippen molar-refractivity contribution in [2.45, 2.75) is 38.6 Å². The van der Waals surface area contributed by atoms with Crippen LogP contribution in [0.4, 0.5) is 5.82 Å².